The van der Waals surface area contributed by atoms with Crippen molar-refractivity contribution >= 4 is 27.9 Å². The summed E-state index contributed by atoms with van der Waals surface area (Å²) in [5.41, 5.74) is 1.81. The predicted octanol–water partition coefficient (Wildman–Crippen LogP) is 3.64. The second-order valence-corrected chi connectivity index (χ2v) is 5.29. The minimum atomic E-state index is 0.591. The van der Waals surface area contributed by atoms with Crippen LogP contribution < -0.4 is 4.90 Å². The normalized spacial score (nSPS) is 16.4. The van der Waals surface area contributed by atoms with Crippen LogP contribution in [0.3, 0.4) is 0 Å². The first-order chi connectivity index (χ1) is 7.72. The van der Waals surface area contributed by atoms with Gasteiger partial charge in [-0.3, -0.25) is 4.79 Å². The summed E-state index contributed by atoms with van der Waals surface area (Å²) in [7, 11) is 2.09. The molecule has 1 fully saturated rings. The number of carbonyl (C=O) groups is 1. The summed E-state index contributed by atoms with van der Waals surface area (Å²) in [4.78, 5) is 13.3. The highest BCUT2D eigenvalue weighted by Gasteiger charge is 2.21. The van der Waals surface area contributed by atoms with Crippen molar-refractivity contribution in [3.05, 3.63) is 28.2 Å². The molecule has 0 heterocycles. The Morgan fingerprint density at radius 2 is 2.06 bits per heavy atom. The maximum absolute atomic E-state index is 11.0. The van der Waals surface area contributed by atoms with Gasteiger partial charge in [0, 0.05) is 28.8 Å². The molecule has 0 unspecified atom stereocenters. The molecule has 16 heavy (non-hydrogen) atoms. The van der Waals surface area contributed by atoms with Crippen LogP contribution in [0.15, 0.2) is 22.7 Å². The lowest BCUT2D eigenvalue weighted by Crippen LogP contribution is -2.29. The van der Waals surface area contributed by atoms with Crippen LogP contribution in [0.2, 0.25) is 0 Å². The molecule has 1 aromatic rings. The van der Waals surface area contributed by atoms with E-state index < -0.39 is 0 Å². The van der Waals surface area contributed by atoms with Crippen molar-refractivity contribution in [1.29, 1.82) is 0 Å². The van der Waals surface area contributed by atoms with Gasteiger partial charge in [-0.25, -0.2) is 0 Å². The Hall–Kier alpha value is -0.830. The molecule has 0 atom stereocenters. The summed E-state index contributed by atoms with van der Waals surface area (Å²) in [6, 6.07) is 6.41. The van der Waals surface area contributed by atoms with E-state index in [1.54, 1.807) is 0 Å². The van der Waals surface area contributed by atoms with Crippen LogP contribution in [0.1, 0.15) is 36.0 Å². The van der Waals surface area contributed by atoms with E-state index in [-0.39, 0.29) is 0 Å². The maximum atomic E-state index is 11.0. The van der Waals surface area contributed by atoms with E-state index in [0.29, 0.717) is 6.04 Å². The van der Waals surface area contributed by atoms with Crippen molar-refractivity contribution in [2.75, 3.05) is 11.9 Å². The minimum Gasteiger partial charge on any atom is -0.371 e. The molecule has 0 aromatic heterocycles. The summed E-state index contributed by atoms with van der Waals surface area (Å²) in [6.45, 7) is 0. The van der Waals surface area contributed by atoms with E-state index in [0.717, 1.165) is 22.0 Å². The SMILES string of the molecule is CN(c1cc(Br)ccc1C=O)C1CCCC1. The van der Waals surface area contributed by atoms with Crippen LogP contribution in [-0.4, -0.2) is 19.4 Å². The third-order valence-corrected chi connectivity index (χ3v) is 3.87. The molecule has 0 radical (unpaired) electrons. The zero-order valence-corrected chi connectivity index (χ0v) is 11.0. The molecule has 1 saturated carbocycles. The van der Waals surface area contributed by atoms with Crippen molar-refractivity contribution in [2.24, 2.45) is 0 Å². The molecule has 0 spiro atoms. The highest BCUT2D eigenvalue weighted by molar-refractivity contribution is 9.10. The molecule has 0 saturated heterocycles. The Bertz CT molecular complexity index is 386. The van der Waals surface area contributed by atoms with Crippen LogP contribution in [0.5, 0.6) is 0 Å². The van der Waals surface area contributed by atoms with Crippen LogP contribution in [0, 0.1) is 0 Å². The number of hydrogen-bond donors (Lipinski definition) is 0. The average molecular weight is 282 g/mol. The Labute approximate surface area is 105 Å². The predicted molar refractivity (Wildman–Crippen MR) is 70.2 cm³/mol. The van der Waals surface area contributed by atoms with E-state index in [1.807, 2.05) is 18.2 Å². The molecule has 1 aliphatic carbocycles. The average Bonchev–Trinajstić information content (AvgIpc) is 2.81. The molecule has 2 rings (SSSR count). The summed E-state index contributed by atoms with van der Waals surface area (Å²) in [6.07, 6.45) is 6.02. The molecule has 86 valence electrons. The van der Waals surface area contributed by atoms with Crippen molar-refractivity contribution < 1.29 is 4.79 Å². The summed E-state index contributed by atoms with van der Waals surface area (Å²) < 4.78 is 1.03. The van der Waals surface area contributed by atoms with E-state index in [4.69, 9.17) is 0 Å². The van der Waals surface area contributed by atoms with Gasteiger partial charge in [0.05, 0.1) is 0 Å². The Morgan fingerprint density at radius 3 is 2.69 bits per heavy atom. The molecule has 3 heteroatoms. The largest absolute Gasteiger partial charge is 0.371 e. The molecule has 0 N–H and O–H groups in total. The number of carbonyl (C=O) groups excluding carboxylic acids is 1. The van der Waals surface area contributed by atoms with Crippen molar-refractivity contribution in [2.45, 2.75) is 31.7 Å². The standard InChI is InChI=1S/C13H16BrNO/c1-15(12-4-2-3-5-12)13-8-11(14)7-6-10(13)9-16/h6-9,12H,2-5H2,1H3. The van der Waals surface area contributed by atoms with Gasteiger partial charge >= 0.3 is 0 Å². The van der Waals surface area contributed by atoms with Crippen molar-refractivity contribution in [3.8, 4) is 0 Å². The molecular formula is C13H16BrNO. The minimum absolute atomic E-state index is 0.591. The number of benzene rings is 1. The van der Waals surface area contributed by atoms with E-state index in [1.165, 1.54) is 25.7 Å². The Balaban J connectivity index is 2.29. The fraction of sp³-hybridized carbons (Fsp3) is 0.462. The second kappa shape index (κ2) is 5.00. The molecule has 1 aromatic carbocycles. The first-order valence-corrected chi connectivity index (χ1v) is 6.49. The third kappa shape index (κ3) is 2.29. The topological polar surface area (TPSA) is 20.3 Å². The molecule has 1 aliphatic rings. The van der Waals surface area contributed by atoms with Gasteiger partial charge in [-0.2, -0.15) is 0 Å². The molecule has 0 aliphatic heterocycles. The van der Waals surface area contributed by atoms with Crippen LogP contribution >= 0.6 is 15.9 Å². The second-order valence-electron chi connectivity index (χ2n) is 4.37. The van der Waals surface area contributed by atoms with Gasteiger partial charge in [0.15, 0.2) is 6.29 Å². The molecule has 0 bridgehead atoms. The van der Waals surface area contributed by atoms with Crippen molar-refractivity contribution in [3.63, 3.8) is 0 Å². The highest BCUT2D eigenvalue weighted by Crippen LogP contribution is 2.30. The zero-order valence-electron chi connectivity index (χ0n) is 9.45. The lowest BCUT2D eigenvalue weighted by Gasteiger charge is -2.27. The summed E-state index contributed by atoms with van der Waals surface area (Å²) >= 11 is 3.46. The van der Waals surface area contributed by atoms with Gasteiger partial charge in [-0.05, 0) is 31.0 Å². The first-order valence-electron chi connectivity index (χ1n) is 5.70. The van der Waals surface area contributed by atoms with Crippen molar-refractivity contribution in [1.82, 2.24) is 0 Å². The quantitative estimate of drug-likeness (QED) is 0.789. The van der Waals surface area contributed by atoms with Gasteiger partial charge in [0.1, 0.15) is 0 Å². The van der Waals surface area contributed by atoms with Gasteiger partial charge in [-0.1, -0.05) is 28.8 Å². The number of aldehydes is 1. The fourth-order valence-corrected chi connectivity index (χ4v) is 2.76. The maximum Gasteiger partial charge on any atom is 0.152 e. The van der Waals surface area contributed by atoms with E-state index in [2.05, 4.69) is 27.9 Å². The third-order valence-electron chi connectivity index (χ3n) is 3.37. The van der Waals surface area contributed by atoms with Crippen LogP contribution in [0.25, 0.3) is 0 Å². The van der Waals surface area contributed by atoms with Crippen LogP contribution in [-0.2, 0) is 0 Å². The van der Waals surface area contributed by atoms with Crippen LogP contribution in [0.4, 0.5) is 5.69 Å². The number of anilines is 1. The van der Waals surface area contributed by atoms with E-state index in [9.17, 15) is 4.79 Å². The van der Waals surface area contributed by atoms with E-state index >= 15 is 0 Å². The molecular weight excluding hydrogens is 266 g/mol. The van der Waals surface area contributed by atoms with Gasteiger partial charge in [0.2, 0.25) is 0 Å². The van der Waals surface area contributed by atoms with Gasteiger partial charge in [-0.15, -0.1) is 0 Å². The first kappa shape index (κ1) is 11.6. The number of hydrogen-bond acceptors (Lipinski definition) is 2. The van der Waals surface area contributed by atoms with Gasteiger partial charge in [0.25, 0.3) is 0 Å². The molecule has 0 amide bonds. The number of halogens is 1. The zero-order chi connectivity index (χ0) is 11.5. The fourth-order valence-electron chi connectivity index (χ4n) is 2.41. The summed E-state index contributed by atoms with van der Waals surface area (Å²) in [5, 5.41) is 0. The molecule has 2 nitrogen and oxygen atoms in total. The number of nitrogens with zero attached hydrogens (tertiary/aromatic N) is 1. The Kier molecular flexibility index (Phi) is 3.64. The number of rotatable bonds is 3. The lowest BCUT2D eigenvalue weighted by atomic mass is 10.1. The highest BCUT2D eigenvalue weighted by atomic mass is 79.9. The summed E-state index contributed by atoms with van der Waals surface area (Å²) in [5.74, 6) is 0. The van der Waals surface area contributed by atoms with Gasteiger partial charge < -0.3 is 4.90 Å². The smallest absolute Gasteiger partial charge is 0.152 e. The monoisotopic (exact) mass is 281 g/mol. The lowest BCUT2D eigenvalue weighted by molar-refractivity contribution is 0.112. The Morgan fingerprint density at radius 1 is 1.38 bits per heavy atom.